The van der Waals surface area contributed by atoms with Crippen molar-refractivity contribution in [3.05, 3.63) is 73.9 Å². The first-order valence-corrected chi connectivity index (χ1v) is 10.1. The molecule has 0 aliphatic rings. The molecule has 4 rings (SSSR count). The number of hydrogen-bond acceptors (Lipinski definition) is 5. The van der Waals surface area contributed by atoms with Crippen molar-refractivity contribution in [2.75, 3.05) is 7.05 Å². The molecule has 0 fully saturated rings. The molecule has 0 saturated carbocycles. The van der Waals surface area contributed by atoms with E-state index in [2.05, 4.69) is 14.9 Å². The Morgan fingerprint density at radius 3 is 2.65 bits per heavy atom. The number of benzene rings is 1. The first-order chi connectivity index (χ1) is 12.6. The van der Waals surface area contributed by atoms with Crippen molar-refractivity contribution in [3.63, 3.8) is 0 Å². The van der Waals surface area contributed by atoms with Crippen LogP contribution in [0.1, 0.15) is 10.7 Å². The normalized spacial score (nSPS) is 11.5. The van der Waals surface area contributed by atoms with Crippen LogP contribution >= 0.6 is 34.3 Å². The van der Waals surface area contributed by atoms with E-state index in [0.29, 0.717) is 17.8 Å². The van der Waals surface area contributed by atoms with Gasteiger partial charge in [-0.05, 0) is 30.8 Å². The molecule has 1 N–H and O–H groups in total. The zero-order chi connectivity index (χ0) is 18.1. The van der Waals surface area contributed by atoms with Gasteiger partial charge in [-0.15, -0.1) is 22.7 Å². The fraction of sp³-hybridized carbons (Fsp3) is 0.158. The number of nitrogens with one attached hydrogen (secondary N) is 1. The minimum atomic E-state index is -0.0870. The van der Waals surface area contributed by atoms with E-state index in [1.54, 1.807) is 22.7 Å². The predicted octanol–water partition coefficient (Wildman–Crippen LogP) is 5.00. The third-order valence-electron chi connectivity index (χ3n) is 3.98. The summed E-state index contributed by atoms with van der Waals surface area (Å²) < 4.78 is 0.786. The molecule has 4 nitrogen and oxygen atoms in total. The Bertz CT molecular complexity index is 1100. The average Bonchev–Trinajstić information content (AvgIpc) is 3.22. The van der Waals surface area contributed by atoms with Gasteiger partial charge in [0, 0.05) is 16.3 Å². The van der Waals surface area contributed by atoms with Gasteiger partial charge in [-0.3, -0.25) is 9.69 Å². The molecule has 132 valence electrons. The maximum Gasteiger partial charge on any atom is 0.259 e. The second-order valence-electron chi connectivity index (χ2n) is 6.09. The van der Waals surface area contributed by atoms with E-state index >= 15 is 0 Å². The highest BCUT2D eigenvalue weighted by atomic mass is 35.5. The number of H-pyrrole nitrogens is 1. The molecule has 26 heavy (non-hydrogen) atoms. The van der Waals surface area contributed by atoms with Crippen molar-refractivity contribution in [1.29, 1.82) is 0 Å². The number of nitrogens with zero attached hydrogens (tertiary/aromatic N) is 2. The summed E-state index contributed by atoms with van der Waals surface area (Å²) in [6.07, 6.45) is 0. The van der Waals surface area contributed by atoms with Crippen molar-refractivity contribution >= 4 is 44.5 Å². The first kappa shape index (κ1) is 17.4. The SMILES string of the molecule is CN(Cc1nc2sc(-c3ccccc3)cc2c(=O)[nH]1)Cc1ccc(Cl)s1. The molecule has 0 aliphatic carbocycles. The van der Waals surface area contributed by atoms with E-state index < -0.39 is 0 Å². The van der Waals surface area contributed by atoms with Crippen LogP contribution in [0.3, 0.4) is 0 Å². The Morgan fingerprint density at radius 2 is 1.92 bits per heavy atom. The number of aromatic amines is 1. The first-order valence-electron chi connectivity index (χ1n) is 8.09. The van der Waals surface area contributed by atoms with Crippen molar-refractivity contribution in [2.45, 2.75) is 13.1 Å². The third-order valence-corrected chi connectivity index (χ3v) is 6.28. The van der Waals surface area contributed by atoms with Crippen LogP contribution in [0.5, 0.6) is 0 Å². The quantitative estimate of drug-likeness (QED) is 0.512. The van der Waals surface area contributed by atoms with Crippen LogP contribution in [-0.2, 0) is 13.1 Å². The molecule has 4 aromatic rings. The topological polar surface area (TPSA) is 49.0 Å². The Hall–Kier alpha value is -1.99. The zero-order valence-electron chi connectivity index (χ0n) is 14.0. The highest BCUT2D eigenvalue weighted by molar-refractivity contribution is 7.21. The minimum absolute atomic E-state index is 0.0870. The van der Waals surface area contributed by atoms with Crippen LogP contribution in [0.15, 0.2) is 53.3 Å². The molecule has 3 aromatic heterocycles. The summed E-state index contributed by atoms with van der Waals surface area (Å²) in [5.41, 5.74) is 1.01. The Labute approximate surface area is 163 Å². The van der Waals surface area contributed by atoms with Gasteiger partial charge in [0.15, 0.2) is 0 Å². The molecule has 0 spiro atoms. The monoisotopic (exact) mass is 401 g/mol. The third kappa shape index (κ3) is 3.73. The standard InChI is InChI=1S/C19H16ClN3OS2/c1-23(10-13-7-8-16(20)25-13)11-17-21-18(24)14-9-15(26-19(14)22-17)12-5-3-2-4-6-12/h2-9H,10-11H2,1H3,(H,21,22,24). The number of aromatic nitrogens is 2. The van der Waals surface area contributed by atoms with Crippen molar-refractivity contribution in [3.8, 4) is 10.4 Å². The molecule has 0 aliphatic heterocycles. The number of fused-ring (bicyclic) bond motifs is 1. The minimum Gasteiger partial charge on any atom is -0.309 e. The van der Waals surface area contributed by atoms with Gasteiger partial charge >= 0.3 is 0 Å². The molecule has 0 atom stereocenters. The van der Waals surface area contributed by atoms with Crippen molar-refractivity contribution in [2.24, 2.45) is 0 Å². The van der Waals surface area contributed by atoms with Gasteiger partial charge in [0.1, 0.15) is 10.7 Å². The van der Waals surface area contributed by atoms with Gasteiger partial charge in [0.2, 0.25) is 0 Å². The highest BCUT2D eigenvalue weighted by Gasteiger charge is 2.12. The van der Waals surface area contributed by atoms with Gasteiger partial charge < -0.3 is 4.98 Å². The number of thiophene rings is 2. The molecule has 0 unspecified atom stereocenters. The molecule has 1 aromatic carbocycles. The lowest BCUT2D eigenvalue weighted by Gasteiger charge is -2.14. The average molecular weight is 402 g/mol. The van der Waals surface area contributed by atoms with Crippen LogP contribution in [0.4, 0.5) is 0 Å². The fourth-order valence-electron chi connectivity index (χ4n) is 2.81. The van der Waals surface area contributed by atoms with E-state index in [4.69, 9.17) is 11.6 Å². The number of hydrogen-bond donors (Lipinski definition) is 1. The summed E-state index contributed by atoms with van der Waals surface area (Å²) in [5, 5.41) is 0.644. The van der Waals surface area contributed by atoms with E-state index in [1.807, 2.05) is 55.6 Å². The maximum atomic E-state index is 12.5. The van der Waals surface area contributed by atoms with E-state index in [0.717, 1.165) is 26.2 Å². The highest BCUT2D eigenvalue weighted by Crippen LogP contribution is 2.30. The lowest BCUT2D eigenvalue weighted by atomic mass is 10.2. The van der Waals surface area contributed by atoms with Crippen molar-refractivity contribution < 1.29 is 0 Å². The molecule has 3 heterocycles. The Kier molecular flexibility index (Phi) is 4.91. The van der Waals surface area contributed by atoms with E-state index in [1.165, 1.54) is 4.88 Å². The maximum absolute atomic E-state index is 12.5. The lowest BCUT2D eigenvalue weighted by Crippen LogP contribution is -2.21. The molecule has 0 saturated heterocycles. The number of rotatable bonds is 5. The lowest BCUT2D eigenvalue weighted by molar-refractivity contribution is 0.313. The predicted molar refractivity (Wildman–Crippen MR) is 110 cm³/mol. The molecule has 0 radical (unpaired) electrons. The smallest absolute Gasteiger partial charge is 0.259 e. The summed E-state index contributed by atoms with van der Waals surface area (Å²) >= 11 is 9.10. The second-order valence-corrected chi connectivity index (χ2v) is 8.92. The van der Waals surface area contributed by atoms with Crippen LogP contribution in [0.2, 0.25) is 4.34 Å². The summed E-state index contributed by atoms with van der Waals surface area (Å²) in [5.74, 6) is 0.675. The van der Waals surface area contributed by atoms with Crippen LogP contribution < -0.4 is 5.56 Å². The van der Waals surface area contributed by atoms with Gasteiger partial charge in [-0.2, -0.15) is 0 Å². The van der Waals surface area contributed by atoms with Crippen LogP contribution in [-0.4, -0.2) is 21.9 Å². The van der Waals surface area contributed by atoms with Crippen molar-refractivity contribution in [1.82, 2.24) is 14.9 Å². The van der Waals surface area contributed by atoms with Crippen LogP contribution in [0, 0.1) is 0 Å². The molecular weight excluding hydrogens is 386 g/mol. The summed E-state index contributed by atoms with van der Waals surface area (Å²) in [6, 6.07) is 15.9. The van der Waals surface area contributed by atoms with Gasteiger partial charge in [0.25, 0.3) is 5.56 Å². The van der Waals surface area contributed by atoms with E-state index in [9.17, 15) is 4.79 Å². The Morgan fingerprint density at radius 1 is 1.12 bits per heavy atom. The molecular formula is C19H16ClN3OS2. The van der Waals surface area contributed by atoms with Crippen LogP contribution in [0.25, 0.3) is 20.7 Å². The molecule has 0 bridgehead atoms. The summed E-state index contributed by atoms with van der Waals surface area (Å²) in [4.78, 5) is 25.2. The molecule has 0 amide bonds. The van der Waals surface area contributed by atoms with E-state index in [-0.39, 0.29) is 5.56 Å². The largest absolute Gasteiger partial charge is 0.309 e. The van der Waals surface area contributed by atoms with Gasteiger partial charge in [-0.1, -0.05) is 41.9 Å². The molecule has 7 heteroatoms. The Balaban J connectivity index is 1.59. The van der Waals surface area contributed by atoms with Gasteiger partial charge in [-0.25, -0.2) is 4.98 Å². The number of halogens is 1. The van der Waals surface area contributed by atoms with Gasteiger partial charge in [0.05, 0.1) is 16.3 Å². The second kappa shape index (κ2) is 7.32. The zero-order valence-corrected chi connectivity index (χ0v) is 16.4. The summed E-state index contributed by atoms with van der Waals surface area (Å²) in [7, 11) is 2.00. The summed E-state index contributed by atoms with van der Waals surface area (Å²) in [6.45, 7) is 1.33. The fourth-order valence-corrected chi connectivity index (χ4v) is 5.03.